The molecule has 8 heteroatoms. The van der Waals surface area contributed by atoms with Crippen LogP contribution in [0.5, 0.6) is 0 Å². The monoisotopic (exact) mass is 449 g/mol. The summed E-state index contributed by atoms with van der Waals surface area (Å²) in [5, 5.41) is 4.35. The topological polar surface area (TPSA) is 64.4 Å². The lowest BCUT2D eigenvalue weighted by Crippen LogP contribution is -2.49. The molecular weight excluding hydrogens is 418 g/mol. The fourth-order valence-corrected chi connectivity index (χ4v) is 7.02. The predicted octanol–water partition coefficient (Wildman–Crippen LogP) is 3.32. The highest BCUT2D eigenvalue weighted by atomic mass is 32.2. The number of thiophene rings is 1. The molecule has 5 rings (SSSR count). The quantitative estimate of drug-likeness (QED) is 0.677. The Hall–Kier alpha value is -1.22. The largest absolute Gasteiger partial charge is 0.369 e. The highest BCUT2D eigenvalue weighted by molar-refractivity contribution is 7.90. The third-order valence-corrected chi connectivity index (χ3v) is 9.24. The predicted molar refractivity (Wildman–Crippen MR) is 119 cm³/mol. The van der Waals surface area contributed by atoms with Gasteiger partial charge in [0.05, 0.1) is 25.1 Å². The fourth-order valence-electron chi connectivity index (χ4n) is 4.94. The highest BCUT2D eigenvalue weighted by Crippen LogP contribution is 2.51. The van der Waals surface area contributed by atoms with Crippen molar-refractivity contribution in [2.45, 2.75) is 69.7 Å². The minimum absolute atomic E-state index is 0.0963. The van der Waals surface area contributed by atoms with Crippen molar-refractivity contribution in [2.75, 3.05) is 25.2 Å². The first-order valence-electron chi connectivity index (χ1n) is 11.0. The Morgan fingerprint density at radius 2 is 2.20 bits per heavy atom. The summed E-state index contributed by atoms with van der Waals surface area (Å²) in [6, 6.07) is 2.90. The maximum Gasteiger partial charge on any atom is 0.149 e. The molecule has 2 aromatic heterocycles. The van der Waals surface area contributed by atoms with Crippen molar-refractivity contribution >= 4 is 21.2 Å². The number of piperidine rings is 1. The third kappa shape index (κ3) is 4.24. The Kier molecular flexibility index (Phi) is 5.32. The van der Waals surface area contributed by atoms with Crippen molar-refractivity contribution in [3.05, 3.63) is 39.3 Å². The van der Waals surface area contributed by atoms with Gasteiger partial charge in [0.1, 0.15) is 15.4 Å². The van der Waals surface area contributed by atoms with Crippen LogP contribution in [-0.2, 0) is 39.7 Å². The normalized spacial score (nSPS) is 27.5. The number of aryl methyl sites for hydroxylation is 1. The van der Waals surface area contributed by atoms with E-state index in [1.807, 2.05) is 23.7 Å². The Bertz CT molecular complexity index is 1020. The number of rotatable bonds is 6. The van der Waals surface area contributed by atoms with Gasteiger partial charge in [0.25, 0.3) is 0 Å². The standard InChI is InChI=1S/C22H31N3O3S2/c1-16-12-22(21-19(5-9-28-22)11-20(29-21)18-3-4-18)6-7-24(16)14-17-13-23-25(15-17)8-10-30(2,26)27/h11,13,15-16,18H,3-10,12,14H2,1-2H3/t16-,22+/m0/s1. The number of hydrogen-bond donors (Lipinski definition) is 0. The summed E-state index contributed by atoms with van der Waals surface area (Å²) in [6.45, 7) is 5.41. The van der Waals surface area contributed by atoms with Crippen LogP contribution in [-0.4, -0.2) is 54.3 Å². The van der Waals surface area contributed by atoms with Crippen LogP contribution in [0.15, 0.2) is 18.5 Å². The molecule has 6 nitrogen and oxygen atoms in total. The minimum Gasteiger partial charge on any atom is -0.369 e. The molecule has 0 radical (unpaired) electrons. The van der Waals surface area contributed by atoms with Crippen LogP contribution < -0.4 is 0 Å². The highest BCUT2D eigenvalue weighted by Gasteiger charge is 2.45. The lowest BCUT2D eigenvalue weighted by molar-refractivity contribution is -0.110. The lowest BCUT2D eigenvalue weighted by Gasteiger charge is -2.47. The molecule has 1 spiro atoms. The van der Waals surface area contributed by atoms with Crippen molar-refractivity contribution < 1.29 is 13.2 Å². The number of hydrogen-bond acceptors (Lipinski definition) is 6. The maximum absolute atomic E-state index is 11.4. The van der Waals surface area contributed by atoms with Crippen molar-refractivity contribution in [1.82, 2.24) is 14.7 Å². The number of sulfone groups is 1. The van der Waals surface area contributed by atoms with Gasteiger partial charge in [-0.05, 0) is 56.6 Å². The Morgan fingerprint density at radius 1 is 1.37 bits per heavy atom. The van der Waals surface area contributed by atoms with E-state index in [0.717, 1.165) is 50.4 Å². The molecule has 4 heterocycles. The lowest BCUT2D eigenvalue weighted by atomic mass is 9.82. The van der Waals surface area contributed by atoms with Crippen LogP contribution in [0, 0.1) is 0 Å². The molecular formula is C22H31N3O3S2. The molecule has 1 saturated heterocycles. The number of fused-ring (bicyclic) bond motifs is 2. The van der Waals surface area contributed by atoms with Crippen molar-refractivity contribution in [3.8, 4) is 0 Å². The summed E-state index contributed by atoms with van der Waals surface area (Å²) >= 11 is 2.02. The molecule has 30 heavy (non-hydrogen) atoms. The van der Waals surface area contributed by atoms with E-state index in [2.05, 4.69) is 23.0 Å². The smallest absolute Gasteiger partial charge is 0.149 e. The van der Waals surface area contributed by atoms with E-state index in [1.54, 1.807) is 15.1 Å². The Balaban J connectivity index is 1.25. The van der Waals surface area contributed by atoms with Gasteiger partial charge in [-0.1, -0.05) is 0 Å². The molecule has 3 aliphatic rings. The van der Waals surface area contributed by atoms with E-state index in [4.69, 9.17) is 4.74 Å². The maximum atomic E-state index is 11.4. The van der Waals surface area contributed by atoms with Gasteiger partial charge < -0.3 is 4.74 Å². The summed E-state index contributed by atoms with van der Waals surface area (Å²) in [6.07, 6.45) is 11.0. The summed E-state index contributed by atoms with van der Waals surface area (Å²) in [7, 11) is -2.97. The first-order chi connectivity index (χ1) is 14.3. The molecule has 0 N–H and O–H groups in total. The second kappa shape index (κ2) is 7.73. The molecule has 1 saturated carbocycles. The number of ether oxygens (including phenoxy) is 1. The summed E-state index contributed by atoms with van der Waals surface area (Å²) in [4.78, 5) is 5.60. The van der Waals surface area contributed by atoms with Crippen LogP contribution >= 0.6 is 11.3 Å². The first kappa shape index (κ1) is 20.7. The van der Waals surface area contributed by atoms with E-state index in [9.17, 15) is 8.42 Å². The van der Waals surface area contributed by atoms with Gasteiger partial charge >= 0.3 is 0 Å². The fraction of sp³-hybridized carbons (Fsp3) is 0.682. The SMILES string of the molecule is C[C@H]1C[C@@]2(CCN1Cc1cnn(CCS(C)(=O)=O)c1)OCCc1cc(C3CC3)sc12. The van der Waals surface area contributed by atoms with Gasteiger partial charge in [-0.3, -0.25) is 9.58 Å². The van der Waals surface area contributed by atoms with Crippen molar-refractivity contribution in [3.63, 3.8) is 0 Å². The summed E-state index contributed by atoms with van der Waals surface area (Å²) in [5.41, 5.74) is 2.59. The van der Waals surface area contributed by atoms with Crippen LogP contribution in [0.4, 0.5) is 0 Å². The molecule has 164 valence electrons. The van der Waals surface area contributed by atoms with E-state index in [-0.39, 0.29) is 11.4 Å². The zero-order chi connectivity index (χ0) is 20.9. The van der Waals surface area contributed by atoms with Crippen LogP contribution in [0.25, 0.3) is 0 Å². The van der Waals surface area contributed by atoms with Crippen LogP contribution in [0.1, 0.15) is 59.4 Å². The number of aromatic nitrogens is 2. The molecule has 0 aromatic carbocycles. The van der Waals surface area contributed by atoms with E-state index >= 15 is 0 Å². The second-order valence-electron chi connectivity index (χ2n) is 9.39. The van der Waals surface area contributed by atoms with Gasteiger partial charge in [-0.2, -0.15) is 5.10 Å². The second-order valence-corrected chi connectivity index (χ2v) is 12.7. The summed E-state index contributed by atoms with van der Waals surface area (Å²) in [5.74, 6) is 0.939. The van der Waals surface area contributed by atoms with Gasteiger partial charge in [0.2, 0.25) is 0 Å². The van der Waals surface area contributed by atoms with Gasteiger partial charge in [-0.25, -0.2) is 8.42 Å². The molecule has 2 atom stereocenters. The van der Waals surface area contributed by atoms with E-state index < -0.39 is 9.84 Å². The molecule has 2 aliphatic heterocycles. The molecule has 2 aromatic rings. The molecule has 0 bridgehead atoms. The zero-order valence-electron chi connectivity index (χ0n) is 17.8. The Morgan fingerprint density at radius 3 is 2.93 bits per heavy atom. The molecule has 2 fully saturated rings. The zero-order valence-corrected chi connectivity index (χ0v) is 19.5. The van der Waals surface area contributed by atoms with Crippen LogP contribution in [0.3, 0.4) is 0 Å². The van der Waals surface area contributed by atoms with Crippen LogP contribution in [0.2, 0.25) is 0 Å². The number of likely N-dealkylation sites (tertiary alicyclic amines) is 1. The molecule has 0 unspecified atom stereocenters. The summed E-state index contributed by atoms with van der Waals surface area (Å²) < 4.78 is 31.0. The van der Waals surface area contributed by atoms with Gasteiger partial charge in [0.15, 0.2) is 0 Å². The average molecular weight is 450 g/mol. The van der Waals surface area contributed by atoms with Crippen molar-refractivity contribution in [1.29, 1.82) is 0 Å². The average Bonchev–Trinajstić information content (AvgIpc) is 3.27. The van der Waals surface area contributed by atoms with Crippen molar-refractivity contribution in [2.24, 2.45) is 0 Å². The van der Waals surface area contributed by atoms with Gasteiger partial charge in [0, 0.05) is 46.9 Å². The van der Waals surface area contributed by atoms with E-state index in [1.165, 1.54) is 24.0 Å². The Labute approximate surface area is 183 Å². The molecule has 0 amide bonds. The third-order valence-electron chi connectivity index (χ3n) is 6.79. The first-order valence-corrected chi connectivity index (χ1v) is 13.9. The number of nitrogens with zero attached hydrogens (tertiary/aromatic N) is 3. The minimum atomic E-state index is -2.97. The molecule has 1 aliphatic carbocycles. The van der Waals surface area contributed by atoms with Gasteiger partial charge in [-0.15, -0.1) is 11.3 Å². The van der Waals surface area contributed by atoms with E-state index in [0.29, 0.717) is 12.6 Å².